The molecule has 0 amide bonds. The number of likely N-dealkylation sites (N-methyl/N-ethyl adjacent to an activating group) is 1. The van der Waals surface area contributed by atoms with Crippen LogP contribution in [0.1, 0.15) is 5.56 Å². The third-order valence-corrected chi connectivity index (χ3v) is 4.68. The van der Waals surface area contributed by atoms with Crippen LogP contribution < -0.4 is 0 Å². The van der Waals surface area contributed by atoms with Crippen molar-refractivity contribution in [3.63, 3.8) is 0 Å². The summed E-state index contributed by atoms with van der Waals surface area (Å²) in [7, 11) is 2.20. The first-order chi connectivity index (χ1) is 9.31. The number of thiophene rings is 1. The van der Waals surface area contributed by atoms with Crippen molar-refractivity contribution in [3.8, 4) is 10.4 Å². The van der Waals surface area contributed by atoms with Crippen molar-refractivity contribution in [2.75, 3.05) is 33.2 Å². The maximum absolute atomic E-state index is 2.54. The molecule has 0 spiro atoms. The Morgan fingerprint density at radius 1 is 1.00 bits per heavy atom. The van der Waals surface area contributed by atoms with Gasteiger partial charge in [0.05, 0.1) is 0 Å². The molecule has 0 radical (unpaired) electrons. The minimum Gasteiger partial charge on any atom is -0.304 e. The van der Waals surface area contributed by atoms with Crippen molar-refractivity contribution in [3.05, 3.63) is 47.3 Å². The van der Waals surface area contributed by atoms with Crippen molar-refractivity contribution in [2.45, 2.75) is 6.54 Å². The van der Waals surface area contributed by atoms with E-state index in [0.29, 0.717) is 0 Å². The summed E-state index contributed by atoms with van der Waals surface area (Å²) < 4.78 is 0. The molecule has 1 aromatic carbocycles. The van der Waals surface area contributed by atoms with E-state index >= 15 is 0 Å². The second-order valence-electron chi connectivity index (χ2n) is 5.25. The van der Waals surface area contributed by atoms with Crippen molar-refractivity contribution < 1.29 is 0 Å². The highest BCUT2D eigenvalue weighted by Gasteiger charge is 2.13. The summed E-state index contributed by atoms with van der Waals surface area (Å²) in [4.78, 5) is 6.29. The molecular formula is C16H20N2S. The van der Waals surface area contributed by atoms with Crippen LogP contribution in [0.25, 0.3) is 10.4 Å². The maximum atomic E-state index is 2.54. The first-order valence-electron chi connectivity index (χ1n) is 6.85. The highest BCUT2D eigenvalue weighted by Crippen LogP contribution is 2.24. The number of piperazine rings is 1. The average Bonchev–Trinajstić information content (AvgIpc) is 2.96. The van der Waals surface area contributed by atoms with E-state index in [2.05, 4.69) is 58.6 Å². The fourth-order valence-electron chi connectivity index (χ4n) is 2.48. The van der Waals surface area contributed by atoms with E-state index in [1.807, 2.05) is 0 Å². The fourth-order valence-corrected chi connectivity index (χ4v) is 3.21. The molecule has 0 bridgehead atoms. The molecule has 3 rings (SSSR count). The number of hydrogen-bond donors (Lipinski definition) is 0. The van der Waals surface area contributed by atoms with E-state index in [-0.39, 0.29) is 0 Å². The third kappa shape index (κ3) is 3.24. The van der Waals surface area contributed by atoms with Gasteiger partial charge in [0.1, 0.15) is 0 Å². The molecule has 0 saturated carbocycles. The van der Waals surface area contributed by atoms with Gasteiger partial charge < -0.3 is 4.90 Å². The van der Waals surface area contributed by atoms with Crippen molar-refractivity contribution in [1.82, 2.24) is 9.80 Å². The van der Waals surface area contributed by atoms with Crippen molar-refractivity contribution in [2.24, 2.45) is 0 Å². The van der Waals surface area contributed by atoms with Crippen LogP contribution in [0.3, 0.4) is 0 Å². The highest BCUT2D eigenvalue weighted by atomic mass is 32.1. The van der Waals surface area contributed by atoms with Crippen LogP contribution in [-0.2, 0) is 6.54 Å². The van der Waals surface area contributed by atoms with Gasteiger partial charge in [0.2, 0.25) is 0 Å². The smallest absolute Gasteiger partial charge is 0.0342 e. The molecule has 19 heavy (non-hydrogen) atoms. The normalized spacial score (nSPS) is 17.7. The highest BCUT2D eigenvalue weighted by molar-refractivity contribution is 7.13. The van der Waals surface area contributed by atoms with Gasteiger partial charge in [-0.05, 0) is 29.6 Å². The van der Waals surface area contributed by atoms with Gasteiger partial charge in [-0.2, -0.15) is 0 Å². The Hall–Kier alpha value is -1.16. The molecule has 2 heterocycles. The number of nitrogens with zero attached hydrogens (tertiary/aromatic N) is 2. The number of rotatable bonds is 3. The molecule has 0 atom stereocenters. The SMILES string of the molecule is CN1CCN(Cc2ccc(-c3cccs3)cc2)CC1. The summed E-state index contributed by atoms with van der Waals surface area (Å²) in [6.45, 7) is 5.82. The average molecular weight is 272 g/mol. The zero-order chi connectivity index (χ0) is 13.1. The summed E-state index contributed by atoms with van der Waals surface area (Å²) in [6.07, 6.45) is 0. The van der Waals surface area contributed by atoms with E-state index in [1.165, 1.54) is 42.2 Å². The number of hydrogen-bond acceptors (Lipinski definition) is 3. The van der Waals surface area contributed by atoms with Gasteiger partial charge >= 0.3 is 0 Å². The maximum Gasteiger partial charge on any atom is 0.0342 e. The van der Waals surface area contributed by atoms with Crippen LogP contribution in [0.4, 0.5) is 0 Å². The van der Waals surface area contributed by atoms with Gasteiger partial charge in [-0.3, -0.25) is 4.90 Å². The summed E-state index contributed by atoms with van der Waals surface area (Å²) in [5.74, 6) is 0. The summed E-state index contributed by atoms with van der Waals surface area (Å²) in [5.41, 5.74) is 2.75. The molecule has 1 aromatic heterocycles. The van der Waals surface area contributed by atoms with Crippen LogP contribution >= 0.6 is 11.3 Å². The minimum atomic E-state index is 1.08. The van der Waals surface area contributed by atoms with Gasteiger partial charge in [-0.15, -0.1) is 11.3 Å². The van der Waals surface area contributed by atoms with Gasteiger partial charge in [0, 0.05) is 37.6 Å². The van der Waals surface area contributed by atoms with Gasteiger partial charge in [0.25, 0.3) is 0 Å². The van der Waals surface area contributed by atoms with Crippen LogP contribution in [-0.4, -0.2) is 43.0 Å². The topological polar surface area (TPSA) is 6.48 Å². The van der Waals surface area contributed by atoms with E-state index in [4.69, 9.17) is 0 Å². The molecule has 1 saturated heterocycles. The Kier molecular flexibility index (Phi) is 3.97. The monoisotopic (exact) mass is 272 g/mol. The summed E-state index contributed by atoms with van der Waals surface area (Å²) in [5, 5.41) is 2.13. The molecule has 2 nitrogen and oxygen atoms in total. The summed E-state index contributed by atoms with van der Waals surface area (Å²) >= 11 is 1.80. The second kappa shape index (κ2) is 5.87. The van der Waals surface area contributed by atoms with Gasteiger partial charge in [-0.1, -0.05) is 30.3 Å². The molecule has 1 fully saturated rings. The van der Waals surface area contributed by atoms with Crippen LogP contribution in [0.2, 0.25) is 0 Å². The predicted molar refractivity (Wildman–Crippen MR) is 82.5 cm³/mol. The molecule has 0 unspecified atom stereocenters. The van der Waals surface area contributed by atoms with E-state index in [9.17, 15) is 0 Å². The minimum absolute atomic E-state index is 1.08. The Labute approximate surface area is 119 Å². The largest absolute Gasteiger partial charge is 0.304 e. The lowest BCUT2D eigenvalue weighted by atomic mass is 10.1. The molecule has 2 aromatic rings. The zero-order valence-electron chi connectivity index (χ0n) is 11.4. The molecule has 100 valence electrons. The molecule has 1 aliphatic heterocycles. The Morgan fingerprint density at radius 3 is 2.37 bits per heavy atom. The van der Waals surface area contributed by atoms with Crippen molar-refractivity contribution in [1.29, 1.82) is 0 Å². The first-order valence-corrected chi connectivity index (χ1v) is 7.73. The third-order valence-electron chi connectivity index (χ3n) is 3.76. The van der Waals surface area contributed by atoms with E-state index in [0.717, 1.165) is 6.54 Å². The number of benzene rings is 1. The lowest BCUT2D eigenvalue weighted by molar-refractivity contribution is 0.148. The summed E-state index contributed by atoms with van der Waals surface area (Å²) in [6, 6.07) is 13.3. The molecule has 0 aliphatic carbocycles. The predicted octanol–water partition coefficient (Wildman–Crippen LogP) is 3.16. The Morgan fingerprint density at radius 2 is 1.74 bits per heavy atom. The van der Waals surface area contributed by atoms with Crippen LogP contribution in [0.5, 0.6) is 0 Å². The lowest BCUT2D eigenvalue weighted by Gasteiger charge is -2.32. The van der Waals surface area contributed by atoms with E-state index < -0.39 is 0 Å². The lowest BCUT2D eigenvalue weighted by Crippen LogP contribution is -2.43. The second-order valence-corrected chi connectivity index (χ2v) is 6.20. The first kappa shape index (κ1) is 12.9. The molecule has 3 heteroatoms. The Bertz CT molecular complexity index is 496. The molecular weight excluding hydrogens is 252 g/mol. The standard InChI is InChI=1S/C16H20N2S/c1-17-8-10-18(11-9-17)13-14-4-6-15(7-5-14)16-3-2-12-19-16/h2-7,12H,8-11,13H2,1H3. The van der Waals surface area contributed by atoms with Gasteiger partial charge in [-0.25, -0.2) is 0 Å². The molecule has 0 N–H and O–H groups in total. The van der Waals surface area contributed by atoms with E-state index in [1.54, 1.807) is 11.3 Å². The van der Waals surface area contributed by atoms with Crippen LogP contribution in [0, 0.1) is 0 Å². The Balaban J connectivity index is 1.63. The fraction of sp³-hybridized carbons (Fsp3) is 0.375. The zero-order valence-corrected chi connectivity index (χ0v) is 12.2. The van der Waals surface area contributed by atoms with Crippen LogP contribution in [0.15, 0.2) is 41.8 Å². The van der Waals surface area contributed by atoms with Gasteiger partial charge in [0.15, 0.2) is 0 Å². The van der Waals surface area contributed by atoms with Crippen molar-refractivity contribution >= 4 is 11.3 Å². The quantitative estimate of drug-likeness (QED) is 0.847. The molecule has 1 aliphatic rings.